The first-order valence-corrected chi connectivity index (χ1v) is 10.3. The third-order valence-electron chi connectivity index (χ3n) is 4.26. The van der Waals surface area contributed by atoms with Crippen molar-refractivity contribution in [3.8, 4) is 0 Å². The second-order valence-electron chi connectivity index (χ2n) is 6.02. The highest BCUT2D eigenvalue weighted by molar-refractivity contribution is 7.22. The van der Waals surface area contributed by atoms with Crippen LogP contribution in [0.15, 0.2) is 65.4 Å². The number of amides is 1. The number of aromatic nitrogens is 1. The standard InChI is InChI=1S/C21H18N2OS2/c1-2-15-7-9-17(10-8-15)23(20(24)13-16-11-12-25-14-16)21-22-18-5-3-4-6-19(18)26-21/h3-12,14H,2,13H2,1H3. The van der Waals surface area contributed by atoms with Crippen molar-refractivity contribution in [3.63, 3.8) is 0 Å². The van der Waals surface area contributed by atoms with Crippen molar-refractivity contribution in [1.82, 2.24) is 4.98 Å². The third-order valence-corrected chi connectivity index (χ3v) is 6.02. The largest absolute Gasteiger partial charge is 0.274 e. The summed E-state index contributed by atoms with van der Waals surface area (Å²) in [6.45, 7) is 2.13. The molecule has 5 heteroatoms. The number of hydrogen-bond acceptors (Lipinski definition) is 4. The molecule has 0 N–H and O–H groups in total. The maximum atomic E-state index is 13.1. The minimum Gasteiger partial charge on any atom is -0.274 e. The van der Waals surface area contributed by atoms with E-state index in [1.807, 2.05) is 53.2 Å². The molecule has 0 fully saturated rings. The van der Waals surface area contributed by atoms with Crippen LogP contribution in [0.5, 0.6) is 0 Å². The molecule has 4 rings (SSSR count). The summed E-state index contributed by atoms with van der Waals surface area (Å²) in [4.78, 5) is 19.6. The van der Waals surface area contributed by atoms with E-state index in [0.717, 1.165) is 33.0 Å². The number of hydrogen-bond donors (Lipinski definition) is 0. The van der Waals surface area contributed by atoms with Crippen LogP contribution in [0.2, 0.25) is 0 Å². The summed E-state index contributed by atoms with van der Waals surface area (Å²) in [5.74, 6) is 0.0340. The fourth-order valence-corrected chi connectivity index (χ4v) is 4.52. The Morgan fingerprint density at radius 2 is 1.85 bits per heavy atom. The lowest BCUT2D eigenvalue weighted by atomic mass is 10.1. The van der Waals surface area contributed by atoms with Gasteiger partial charge in [0.25, 0.3) is 0 Å². The van der Waals surface area contributed by atoms with Crippen molar-refractivity contribution >= 4 is 49.6 Å². The third kappa shape index (κ3) is 3.41. The summed E-state index contributed by atoms with van der Waals surface area (Å²) < 4.78 is 1.08. The smallest absolute Gasteiger partial charge is 0.237 e. The van der Waals surface area contributed by atoms with E-state index in [4.69, 9.17) is 4.98 Å². The van der Waals surface area contributed by atoms with Gasteiger partial charge in [0.1, 0.15) is 0 Å². The number of carbonyl (C=O) groups is 1. The maximum absolute atomic E-state index is 13.1. The van der Waals surface area contributed by atoms with E-state index >= 15 is 0 Å². The Morgan fingerprint density at radius 1 is 1.04 bits per heavy atom. The number of benzene rings is 2. The molecule has 0 atom stereocenters. The van der Waals surface area contributed by atoms with Crippen LogP contribution in [0.1, 0.15) is 18.1 Å². The number of thiophene rings is 1. The first-order valence-electron chi connectivity index (χ1n) is 8.53. The molecule has 0 aliphatic rings. The maximum Gasteiger partial charge on any atom is 0.237 e. The highest BCUT2D eigenvalue weighted by atomic mass is 32.1. The van der Waals surface area contributed by atoms with Crippen molar-refractivity contribution in [3.05, 3.63) is 76.5 Å². The molecule has 0 unspecified atom stereocenters. The van der Waals surface area contributed by atoms with Crippen molar-refractivity contribution < 1.29 is 4.79 Å². The monoisotopic (exact) mass is 378 g/mol. The Morgan fingerprint density at radius 3 is 2.54 bits per heavy atom. The molecule has 2 aromatic carbocycles. The summed E-state index contributed by atoms with van der Waals surface area (Å²) >= 11 is 3.16. The van der Waals surface area contributed by atoms with Crippen LogP contribution in [0, 0.1) is 0 Å². The molecule has 0 saturated heterocycles. The SMILES string of the molecule is CCc1ccc(N(C(=O)Cc2ccsc2)c2nc3ccccc3s2)cc1. The number of rotatable bonds is 5. The van der Waals surface area contributed by atoms with Gasteiger partial charge in [-0.25, -0.2) is 4.98 Å². The van der Waals surface area contributed by atoms with Crippen LogP contribution < -0.4 is 4.90 Å². The zero-order valence-corrected chi connectivity index (χ0v) is 16.0. The van der Waals surface area contributed by atoms with Crippen molar-refractivity contribution in [2.45, 2.75) is 19.8 Å². The van der Waals surface area contributed by atoms with Crippen LogP contribution in [-0.2, 0) is 17.6 Å². The fourth-order valence-electron chi connectivity index (χ4n) is 2.84. The Labute approximate surface area is 160 Å². The summed E-state index contributed by atoms with van der Waals surface area (Å²) in [6, 6.07) is 18.2. The van der Waals surface area contributed by atoms with Gasteiger partial charge in [-0.15, -0.1) is 0 Å². The molecule has 0 radical (unpaired) electrons. The molecule has 0 bridgehead atoms. The number of anilines is 2. The molecule has 0 saturated carbocycles. The van der Waals surface area contributed by atoms with E-state index in [1.165, 1.54) is 5.56 Å². The van der Waals surface area contributed by atoms with Crippen LogP contribution in [0.25, 0.3) is 10.2 Å². The molecule has 1 amide bonds. The van der Waals surface area contributed by atoms with Gasteiger partial charge in [-0.2, -0.15) is 11.3 Å². The molecule has 2 aromatic heterocycles. The first-order chi connectivity index (χ1) is 12.7. The molecule has 2 heterocycles. The quantitative estimate of drug-likeness (QED) is 0.438. The highest BCUT2D eigenvalue weighted by Crippen LogP contribution is 2.34. The van der Waals surface area contributed by atoms with Gasteiger partial charge in [0.2, 0.25) is 5.91 Å². The molecule has 0 aliphatic heterocycles. The zero-order valence-electron chi connectivity index (χ0n) is 14.4. The second kappa shape index (κ2) is 7.40. The zero-order chi connectivity index (χ0) is 17.9. The molecule has 0 spiro atoms. The van der Waals surface area contributed by atoms with Crippen molar-refractivity contribution in [2.75, 3.05) is 4.90 Å². The number of nitrogens with zero attached hydrogens (tertiary/aromatic N) is 2. The normalized spacial score (nSPS) is 11.0. The molecule has 3 nitrogen and oxygen atoms in total. The van der Waals surface area contributed by atoms with Gasteiger partial charge in [-0.1, -0.05) is 42.5 Å². The average molecular weight is 379 g/mol. The molecule has 0 aliphatic carbocycles. The lowest BCUT2D eigenvalue weighted by molar-refractivity contribution is -0.117. The summed E-state index contributed by atoms with van der Waals surface area (Å²) in [5, 5.41) is 4.74. The van der Waals surface area contributed by atoms with Gasteiger partial charge in [-0.3, -0.25) is 9.69 Å². The van der Waals surface area contributed by atoms with E-state index in [9.17, 15) is 4.79 Å². The van der Waals surface area contributed by atoms with Gasteiger partial charge < -0.3 is 0 Å². The summed E-state index contributed by atoms with van der Waals surface area (Å²) in [6.07, 6.45) is 1.35. The van der Waals surface area contributed by atoms with Crippen LogP contribution >= 0.6 is 22.7 Å². The van der Waals surface area contributed by atoms with Crippen LogP contribution in [-0.4, -0.2) is 10.9 Å². The van der Waals surface area contributed by atoms with E-state index in [-0.39, 0.29) is 5.91 Å². The number of aryl methyl sites for hydroxylation is 1. The minimum atomic E-state index is 0.0340. The summed E-state index contributed by atoms with van der Waals surface area (Å²) in [5.41, 5.74) is 4.08. The number of carbonyl (C=O) groups excluding carboxylic acids is 1. The Hall–Kier alpha value is -2.50. The fraction of sp³-hybridized carbons (Fsp3) is 0.143. The molecule has 130 valence electrons. The average Bonchev–Trinajstić information content (AvgIpc) is 3.31. The van der Waals surface area contributed by atoms with Crippen LogP contribution in [0.4, 0.5) is 10.8 Å². The van der Waals surface area contributed by atoms with E-state index in [2.05, 4.69) is 19.1 Å². The molecule has 4 aromatic rings. The Balaban J connectivity index is 1.75. The number of fused-ring (bicyclic) bond motifs is 1. The van der Waals surface area contributed by atoms with Gasteiger partial charge in [0.05, 0.1) is 22.3 Å². The second-order valence-corrected chi connectivity index (χ2v) is 7.81. The minimum absolute atomic E-state index is 0.0340. The number of thiazole rings is 1. The predicted molar refractivity (Wildman–Crippen MR) is 111 cm³/mol. The number of para-hydroxylation sites is 1. The van der Waals surface area contributed by atoms with Crippen molar-refractivity contribution in [1.29, 1.82) is 0 Å². The summed E-state index contributed by atoms with van der Waals surface area (Å²) in [7, 11) is 0. The van der Waals surface area contributed by atoms with Crippen molar-refractivity contribution in [2.24, 2.45) is 0 Å². The first kappa shape index (κ1) is 16.9. The van der Waals surface area contributed by atoms with E-state index in [0.29, 0.717) is 6.42 Å². The predicted octanol–water partition coefficient (Wildman–Crippen LogP) is 5.83. The Bertz CT molecular complexity index is 987. The van der Waals surface area contributed by atoms with Gasteiger partial charge in [0.15, 0.2) is 5.13 Å². The highest BCUT2D eigenvalue weighted by Gasteiger charge is 2.22. The molecule has 26 heavy (non-hydrogen) atoms. The lowest BCUT2D eigenvalue weighted by Crippen LogP contribution is -2.27. The van der Waals surface area contributed by atoms with Crippen LogP contribution in [0.3, 0.4) is 0 Å². The Kier molecular flexibility index (Phi) is 4.82. The van der Waals surface area contributed by atoms with Gasteiger partial charge in [0, 0.05) is 0 Å². The van der Waals surface area contributed by atoms with E-state index < -0.39 is 0 Å². The molecular weight excluding hydrogens is 360 g/mol. The lowest BCUT2D eigenvalue weighted by Gasteiger charge is -2.20. The van der Waals surface area contributed by atoms with Gasteiger partial charge >= 0.3 is 0 Å². The molecular formula is C21H18N2OS2. The van der Waals surface area contributed by atoms with E-state index in [1.54, 1.807) is 27.6 Å². The topological polar surface area (TPSA) is 33.2 Å². The van der Waals surface area contributed by atoms with Gasteiger partial charge in [-0.05, 0) is 58.6 Å².